The lowest BCUT2D eigenvalue weighted by Crippen LogP contribution is -2.31. The summed E-state index contributed by atoms with van der Waals surface area (Å²) < 4.78 is 0. The summed E-state index contributed by atoms with van der Waals surface area (Å²) >= 11 is 0. The second-order valence-corrected chi connectivity index (χ2v) is 5.39. The predicted molar refractivity (Wildman–Crippen MR) is 73.4 cm³/mol. The molecule has 4 heteroatoms. The van der Waals surface area contributed by atoms with Gasteiger partial charge in [-0.05, 0) is 12.5 Å². The quantitative estimate of drug-likeness (QED) is 0.825. The molecule has 0 aliphatic carbocycles. The Balaban J connectivity index is 2.00. The number of benzene rings is 1. The molecule has 4 nitrogen and oxygen atoms in total. The van der Waals surface area contributed by atoms with Gasteiger partial charge in [0.2, 0.25) is 11.8 Å². The largest absolute Gasteiger partial charge is 0.349 e. The maximum Gasteiger partial charge on any atom is 0.227 e. The van der Waals surface area contributed by atoms with Gasteiger partial charge in [0.15, 0.2) is 0 Å². The Hall–Kier alpha value is -1.84. The van der Waals surface area contributed by atoms with E-state index < -0.39 is 0 Å². The van der Waals surface area contributed by atoms with Crippen molar-refractivity contribution in [3.05, 3.63) is 35.4 Å². The van der Waals surface area contributed by atoms with Gasteiger partial charge in [-0.25, -0.2) is 0 Å². The van der Waals surface area contributed by atoms with Crippen molar-refractivity contribution in [3.63, 3.8) is 0 Å². The van der Waals surface area contributed by atoms with Gasteiger partial charge in [0.1, 0.15) is 0 Å². The first-order valence-electron chi connectivity index (χ1n) is 6.52. The predicted octanol–water partition coefficient (Wildman–Crippen LogP) is 1.43. The lowest BCUT2D eigenvalue weighted by molar-refractivity contribution is -0.133. The summed E-state index contributed by atoms with van der Waals surface area (Å²) in [5, 5.41) is 0. The molecule has 0 saturated carbocycles. The van der Waals surface area contributed by atoms with E-state index in [1.54, 1.807) is 23.9 Å². The second kappa shape index (κ2) is 5.43. The number of carbonyl (C=O) groups is 2. The Bertz CT molecular complexity index is 479. The van der Waals surface area contributed by atoms with Crippen LogP contribution in [0.1, 0.15) is 17.5 Å². The van der Waals surface area contributed by atoms with Gasteiger partial charge in [-0.1, -0.05) is 29.8 Å². The molecule has 19 heavy (non-hydrogen) atoms. The van der Waals surface area contributed by atoms with Gasteiger partial charge in [-0.2, -0.15) is 0 Å². The van der Waals surface area contributed by atoms with E-state index in [1.165, 1.54) is 5.56 Å². The number of amides is 2. The maximum absolute atomic E-state index is 11.9. The smallest absolute Gasteiger partial charge is 0.227 e. The summed E-state index contributed by atoms with van der Waals surface area (Å²) in [4.78, 5) is 27.2. The Morgan fingerprint density at radius 1 is 1.32 bits per heavy atom. The summed E-state index contributed by atoms with van der Waals surface area (Å²) in [6.07, 6.45) is 0.336. The highest BCUT2D eigenvalue weighted by atomic mass is 16.2. The molecular weight excluding hydrogens is 240 g/mol. The molecule has 0 bridgehead atoms. The van der Waals surface area contributed by atoms with Crippen LogP contribution in [-0.4, -0.2) is 42.3 Å². The maximum atomic E-state index is 11.9. The fourth-order valence-corrected chi connectivity index (χ4v) is 2.37. The van der Waals surface area contributed by atoms with Crippen molar-refractivity contribution in [3.8, 4) is 0 Å². The van der Waals surface area contributed by atoms with Gasteiger partial charge in [-0.15, -0.1) is 0 Å². The first-order chi connectivity index (χ1) is 8.97. The van der Waals surface area contributed by atoms with Crippen LogP contribution in [0.15, 0.2) is 24.3 Å². The molecule has 1 aromatic carbocycles. The summed E-state index contributed by atoms with van der Waals surface area (Å²) in [6.45, 7) is 3.16. The van der Waals surface area contributed by atoms with Crippen LogP contribution in [0.25, 0.3) is 0 Å². The van der Waals surface area contributed by atoms with E-state index in [0.717, 1.165) is 5.56 Å². The minimum atomic E-state index is -0.187. The molecule has 2 amide bonds. The van der Waals surface area contributed by atoms with Gasteiger partial charge < -0.3 is 9.80 Å². The lowest BCUT2D eigenvalue weighted by Gasteiger charge is -2.18. The van der Waals surface area contributed by atoms with E-state index in [-0.39, 0.29) is 17.7 Å². The SMILES string of the molecule is Cc1ccc(CN2CC(C(=O)N(C)C)CC2=O)cc1. The molecule has 1 heterocycles. The Labute approximate surface area is 114 Å². The minimum absolute atomic E-state index is 0.0414. The molecule has 0 radical (unpaired) electrons. The number of rotatable bonds is 3. The molecule has 1 aliphatic rings. The molecule has 102 valence electrons. The van der Waals surface area contributed by atoms with Gasteiger partial charge in [0, 0.05) is 33.6 Å². The van der Waals surface area contributed by atoms with E-state index >= 15 is 0 Å². The van der Waals surface area contributed by atoms with Crippen LogP contribution in [0.3, 0.4) is 0 Å². The average Bonchev–Trinajstić information content (AvgIpc) is 2.72. The number of likely N-dealkylation sites (tertiary alicyclic amines) is 1. The van der Waals surface area contributed by atoms with E-state index in [9.17, 15) is 9.59 Å². The van der Waals surface area contributed by atoms with Crippen molar-refractivity contribution in [1.29, 1.82) is 0 Å². The van der Waals surface area contributed by atoms with Crippen molar-refractivity contribution in [2.75, 3.05) is 20.6 Å². The zero-order chi connectivity index (χ0) is 14.0. The molecule has 1 saturated heterocycles. The first kappa shape index (κ1) is 13.6. The van der Waals surface area contributed by atoms with E-state index in [2.05, 4.69) is 0 Å². The normalized spacial score (nSPS) is 18.8. The van der Waals surface area contributed by atoms with Crippen LogP contribution in [0, 0.1) is 12.8 Å². The monoisotopic (exact) mass is 260 g/mol. The Morgan fingerprint density at radius 3 is 2.53 bits per heavy atom. The molecule has 0 spiro atoms. The van der Waals surface area contributed by atoms with Crippen molar-refractivity contribution in [1.82, 2.24) is 9.80 Å². The van der Waals surface area contributed by atoms with Crippen molar-refractivity contribution < 1.29 is 9.59 Å². The second-order valence-electron chi connectivity index (χ2n) is 5.39. The van der Waals surface area contributed by atoms with Gasteiger partial charge in [0.25, 0.3) is 0 Å². The zero-order valence-corrected chi connectivity index (χ0v) is 11.7. The van der Waals surface area contributed by atoms with E-state index in [4.69, 9.17) is 0 Å². The Kier molecular flexibility index (Phi) is 3.88. The van der Waals surface area contributed by atoms with Crippen LogP contribution < -0.4 is 0 Å². The van der Waals surface area contributed by atoms with Crippen LogP contribution in [0.5, 0.6) is 0 Å². The van der Waals surface area contributed by atoms with Crippen LogP contribution >= 0.6 is 0 Å². The summed E-state index contributed by atoms with van der Waals surface area (Å²) in [5.41, 5.74) is 2.31. The highest BCUT2D eigenvalue weighted by Crippen LogP contribution is 2.21. The molecule has 1 aliphatic heterocycles. The number of carbonyl (C=O) groups excluding carboxylic acids is 2. The fraction of sp³-hybridized carbons (Fsp3) is 0.467. The standard InChI is InChI=1S/C15H20N2O2/c1-11-4-6-12(7-5-11)9-17-10-13(8-14(17)18)15(19)16(2)3/h4-7,13H,8-10H2,1-3H3. The summed E-state index contributed by atoms with van der Waals surface area (Å²) in [6, 6.07) is 8.14. The molecule has 1 fully saturated rings. The van der Waals surface area contributed by atoms with Crippen LogP contribution in [0.4, 0.5) is 0 Å². The third-order valence-corrected chi connectivity index (χ3v) is 3.50. The highest BCUT2D eigenvalue weighted by Gasteiger charge is 2.34. The van der Waals surface area contributed by atoms with Crippen LogP contribution in [0.2, 0.25) is 0 Å². The van der Waals surface area contributed by atoms with Gasteiger partial charge in [-0.3, -0.25) is 9.59 Å². The van der Waals surface area contributed by atoms with Gasteiger partial charge >= 0.3 is 0 Å². The van der Waals surface area contributed by atoms with Gasteiger partial charge in [0.05, 0.1) is 5.92 Å². The summed E-state index contributed by atoms with van der Waals surface area (Å²) in [7, 11) is 3.46. The summed E-state index contributed by atoms with van der Waals surface area (Å²) in [5.74, 6) is -0.0755. The third-order valence-electron chi connectivity index (χ3n) is 3.50. The van der Waals surface area contributed by atoms with Crippen LogP contribution in [-0.2, 0) is 16.1 Å². The molecular formula is C15H20N2O2. The topological polar surface area (TPSA) is 40.6 Å². The first-order valence-corrected chi connectivity index (χ1v) is 6.52. The Morgan fingerprint density at radius 2 is 1.95 bits per heavy atom. The van der Waals surface area contributed by atoms with Crippen molar-refractivity contribution in [2.24, 2.45) is 5.92 Å². The molecule has 1 aromatic rings. The van der Waals surface area contributed by atoms with Crippen molar-refractivity contribution >= 4 is 11.8 Å². The number of hydrogen-bond donors (Lipinski definition) is 0. The molecule has 0 aromatic heterocycles. The molecule has 1 atom stereocenters. The van der Waals surface area contributed by atoms with E-state index in [1.807, 2.05) is 31.2 Å². The molecule has 0 N–H and O–H groups in total. The van der Waals surface area contributed by atoms with E-state index in [0.29, 0.717) is 19.5 Å². The number of aryl methyl sites for hydroxylation is 1. The number of nitrogens with zero attached hydrogens (tertiary/aromatic N) is 2. The third kappa shape index (κ3) is 3.13. The zero-order valence-electron chi connectivity index (χ0n) is 11.7. The molecule has 1 unspecified atom stereocenters. The van der Waals surface area contributed by atoms with Crippen molar-refractivity contribution in [2.45, 2.75) is 19.9 Å². The average molecular weight is 260 g/mol. The highest BCUT2D eigenvalue weighted by molar-refractivity contribution is 5.89. The lowest BCUT2D eigenvalue weighted by atomic mass is 10.1. The number of hydrogen-bond acceptors (Lipinski definition) is 2. The molecule has 2 rings (SSSR count). The fourth-order valence-electron chi connectivity index (χ4n) is 2.37. The minimum Gasteiger partial charge on any atom is -0.349 e.